The first-order chi connectivity index (χ1) is 12.3. The molecular weight excluding hydrogens is 402 g/mol. The first kappa shape index (κ1) is 19.1. The Kier molecular flexibility index (Phi) is 5.53. The molecule has 1 amide bonds. The number of nitrogens with zero attached hydrogens (tertiary/aromatic N) is 1. The van der Waals surface area contributed by atoms with E-state index in [9.17, 15) is 17.6 Å². The summed E-state index contributed by atoms with van der Waals surface area (Å²) < 4.78 is 40.1. The molecule has 2 aromatic rings. The minimum atomic E-state index is -3.82. The third-order valence-corrected chi connectivity index (χ3v) is 6.71. The number of nitrogens with one attached hydrogen (secondary N) is 1. The Balaban J connectivity index is 1.96. The molecule has 26 heavy (non-hydrogen) atoms. The van der Waals surface area contributed by atoms with Gasteiger partial charge in [-0.25, -0.2) is 12.8 Å². The normalized spacial score (nSPS) is 15.2. The molecule has 1 heterocycles. The van der Waals surface area contributed by atoms with Gasteiger partial charge in [0.25, 0.3) is 5.91 Å². The highest BCUT2D eigenvalue weighted by Gasteiger charge is 2.30. The molecule has 138 valence electrons. The van der Waals surface area contributed by atoms with Crippen LogP contribution in [0.1, 0.15) is 23.2 Å². The number of rotatable bonds is 4. The standard InChI is InChI=1S/C17H15Cl2FN2O3S/c18-14-10-15(19)16(26(24,25)22-6-1-2-7-22)9-13(14)17(23)21-12-5-3-4-11(20)8-12/h3-5,8-10H,1-2,6-7H2,(H,21,23). The minimum absolute atomic E-state index is 0.00396. The third-order valence-electron chi connectivity index (χ3n) is 4.03. The largest absolute Gasteiger partial charge is 0.322 e. The highest BCUT2D eigenvalue weighted by Crippen LogP contribution is 2.32. The number of hydrogen-bond acceptors (Lipinski definition) is 3. The molecule has 0 spiro atoms. The van der Waals surface area contributed by atoms with Crippen molar-refractivity contribution in [3.8, 4) is 0 Å². The van der Waals surface area contributed by atoms with Crippen molar-refractivity contribution in [2.75, 3.05) is 18.4 Å². The summed E-state index contributed by atoms with van der Waals surface area (Å²) in [5.41, 5.74) is 0.170. The van der Waals surface area contributed by atoms with Crippen LogP contribution < -0.4 is 5.32 Å². The molecule has 9 heteroatoms. The van der Waals surface area contributed by atoms with Gasteiger partial charge in [-0.15, -0.1) is 0 Å². The van der Waals surface area contributed by atoms with Gasteiger partial charge in [-0.2, -0.15) is 4.31 Å². The maximum Gasteiger partial charge on any atom is 0.257 e. The van der Waals surface area contributed by atoms with Crippen LogP contribution in [0.4, 0.5) is 10.1 Å². The summed E-state index contributed by atoms with van der Waals surface area (Å²) in [7, 11) is -3.82. The van der Waals surface area contributed by atoms with Crippen LogP contribution in [0.25, 0.3) is 0 Å². The molecule has 5 nitrogen and oxygen atoms in total. The van der Waals surface area contributed by atoms with E-state index in [2.05, 4.69) is 5.32 Å². The fourth-order valence-corrected chi connectivity index (χ4v) is 5.08. The minimum Gasteiger partial charge on any atom is -0.322 e. The fraction of sp³-hybridized carbons (Fsp3) is 0.235. The lowest BCUT2D eigenvalue weighted by molar-refractivity contribution is 0.102. The molecule has 1 aliphatic heterocycles. The van der Waals surface area contributed by atoms with Crippen LogP contribution in [-0.4, -0.2) is 31.7 Å². The summed E-state index contributed by atoms with van der Waals surface area (Å²) in [6.07, 6.45) is 1.55. The Morgan fingerprint density at radius 3 is 2.42 bits per heavy atom. The maximum absolute atomic E-state index is 13.3. The lowest BCUT2D eigenvalue weighted by Crippen LogP contribution is -2.28. The first-order valence-corrected chi connectivity index (χ1v) is 10.0. The molecule has 3 rings (SSSR count). The van der Waals surface area contributed by atoms with Crippen LogP contribution in [-0.2, 0) is 10.0 Å². The summed E-state index contributed by atoms with van der Waals surface area (Å²) in [6, 6.07) is 7.72. The Morgan fingerprint density at radius 2 is 1.77 bits per heavy atom. The molecule has 0 saturated carbocycles. The van der Waals surface area contributed by atoms with Crippen molar-refractivity contribution >= 4 is 44.8 Å². The second kappa shape index (κ2) is 7.52. The van der Waals surface area contributed by atoms with E-state index in [1.165, 1.54) is 28.6 Å². The monoisotopic (exact) mass is 416 g/mol. The van der Waals surface area contributed by atoms with Crippen molar-refractivity contribution in [2.45, 2.75) is 17.7 Å². The number of carbonyl (C=O) groups excluding carboxylic acids is 1. The van der Waals surface area contributed by atoms with Crippen LogP contribution in [0.3, 0.4) is 0 Å². The predicted molar refractivity (Wildman–Crippen MR) is 98.8 cm³/mol. The molecule has 0 radical (unpaired) electrons. The topological polar surface area (TPSA) is 66.5 Å². The van der Waals surface area contributed by atoms with Crippen LogP contribution in [0.5, 0.6) is 0 Å². The maximum atomic E-state index is 13.3. The van der Waals surface area contributed by atoms with Crippen LogP contribution in [0.15, 0.2) is 41.3 Å². The summed E-state index contributed by atoms with van der Waals surface area (Å²) in [5.74, 6) is -1.17. The highest BCUT2D eigenvalue weighted by molar-refractivity contribution is 7.89. The lowest BCUT2D eigenvalue weighted by atomic mass is 10.2. The molecule has 1 N–H and O–H groups in total. The summed E-state index contributed by atoms with van der Waals surface area (Å²) in [5, 5.41) is 2.44. The van der Waals surface area contributed by atoms with Crippen LogP contribution in [0, 0.1) is 5.82 Å². The van der Waals surface area contributed by atoms with Gasteiger partial charge in [0.2, 0.25) is 10.0 Å². The molecule has 1 aliphatic rings. The molecule has 1 fully saturated rings. The molecule has 0 bridgehead atoms. The Bertz CT molecular complexity index is 960. The van der Waals surface area contributed by atoms with E-state index >= 15 is 0 Å². The zero-order valence-electron chi connectivity index (χ0n) is 13.5. The molecule has 1 saturated heterocycles. The van der Waals surface area contributed by atoms with Crippen molar-refractivity contribution < 1.29 is 17.6 Å². The van der Waals surface area contributed by atoms with Gasteiger partial charge in [0.05, 0.1) is 15.6 Å². The Hall–Kier alpha value is -1.67. The van der Waals surface area contributed by atoms with Gasteiger partial charge in [0.1, 0.15) is 10.7 Å². The quantitative estimate of drug-likeness (QED) is 0.812. The van der Waals surface area contributed by atoms with Crippen molar-refractivity contribution in [1.82, 2.24) is 4.31 Å². The van der Waals surface area contributed by atoms with Crippen LogP contribution >= 0.6 is 23.2 Å². The SMILES string of the molecule is O=C(Nc1cccc(F)c1)c1cc(S(=O)(=O)N2CCCC2)c(Cl)cc1Cl. The summed E-state index contributed by atoms with van der Waals surface area (Å²) >= 11 is 12.2. The second-order valence-corrected chi connectivity index (χ2v) is 8.56. The van der Waals surface area contributed by atoms with Gasteiger partial charge >= 0.3 is 0 Å². The van der Waals surface area contributed by atoms with Crippen molar-refractivity contribution in [3.05, 3.63) is 57.8 Å². The number of sulfonamides is 1. The average Bonchev–Trinajstić information content (AvgIpc) is 3.09. The Morgan fingerprint density at radius 1 is 1.08 bits per heavy atom. The van der Waals surface area contributed by atoms with Gasteiger partial charge in [-0.1, -0.05) is 29.3 Å². The third kappa shape index (κ3) is 3.86. The number of halogens is 3. The number of anilines is 1. The van der Waals surface area contributed by atoms with E-state index in [0.717, 1.165) is 25.0 Å². The second-order valence-electron chi connectivity index (χ2n) is 5.84. The molecule has 0 atom stereocenters. The number of benzene rings is 2. The smallest absolute Gasteiger partial charge is 0.257 e. The highest BCUT2D eigenvalue weighted by atomic mass is 35.5. The predicted octanol–water partition coefficient (Wildman–Crippen LogP) is 4.17. The lowest BCUT2D eigenvalue weighted by Gasteiger charge is -2.17. The average molecular weight is 417 g/mol. The van der Waals surface area contributed by atoms with E-state index < -0.39 is 21.7 Å². The molecule has 0 unspecified atom stereocenters. The molecule has 0 aromatic heterocycles. The van der Waals surface area contributed by atoms with Crippen molar-refractivity contribution in [2.24, 2.45) is 0 Å². The Labute approximate surface area is 160 Å². The van der Waals surface area contributed by atoms with E-state index in [4.69, 9.17) is 23.2 Å². The van der Waals surface area contributed by atoms with Gasteiger partial charge in [0, 0.05) is 18.8 Å². The van der Waals surface area contributed by atoms with Gasteiger partial charge in [-0.3, -0.25) is 4.79 Å². The van der Waals surface area contributed by atoms with E-state index in [1.807, 2.05) is 0 Å². The fourth-order valence-electron chi connectivity index (χ4n) is 2.73. The van der Waals surface area contributed by atoms with Gasteiger partial charge in [0.15, 0.2) is 0 Å². The number of amides is 1. The summed E-state index contributed by atoms with van der Waals surface area (Å²) in [4.78, 5) is 12.3. The molecule has 2 aromatic carbocycles. The molecule has 0 aliphatic carbocycles. The zero-order chi connectivity index (χ0) is 18.9. The number of carbonyl (C=O) groups is 1. The van der Waals surface area contributed by atoms with Gasteiger partial charge in [-0.05, 0) is 43.2 Å². The van der Waals surface area contributed by atoms with Crippen molar-refractivity contribution in [1.29, 1.82) is 0 Å². The molecular formula is C17H15Cl2FN2O3S. The first-order valence-electron chi connectivity index (χ1n) is 7.85. The zero-order valence-corrected chi connectivity index (χ0v) is 15.8. The van der Waals surface area contributed by atoms with E-state index in [1.54, 1.807) is 0 Å². The van der Waals surface area contributed by atoms with E-state index in [0.29, 0.717) is 13.1 Å². The van der Waals surface area contributed by atoms with Crippen molar-refractivity contribution in [3.63, 3.8) is 0 Å². The summed E-state index contributed by atoms with van der Waals surface area (Å²) in [6.45, 7) is 0.818. The van der Waals surface area contributed by atoms with E-state index in [-0.39, 0.29) is 26.2 Å². The van der Waals surface area contributed by atoms with Crippen LogP contribution in [0.2, 0.25) is 10.0 Å². The van der Waals surface area contributed by atoms with Gasteiger partial charge < -0.3 is 5.32 Å². The number of hydrogen-bond donors (Lipinski definition) is 1.